The van der Waals surface area contributed by atoms with E-state index in [1.54, 1.807) is 0 Å². The molecule has 0 fully saturated rings. The lowest BCUT2D eigenvalue weighted by atomic mass is 10.2. The van der Waals surface area contributed by atoms with Gasteiger partial charge in [0, 0.05) is 10.2 Å². The Morgan fingerprint density at radius 3 is 2.81 bits per heavy atom. The lowest BCUT2D eigenvalue weighted by Gasteiger charge is -2.07. The van der Waals surface area contributed by atoms with Crippen LogP contribution in [0.25, 0.3) is 0 Å². The highest BCUT2D eigenvalue weighted by Gasteiger charge is 2.02. The summed E-state index contributed by atoms with van der Waals surface area (Å²) in [5.74, 6) is 0.942. The first-order valence-corrected chi connectivity index (χ1v) is 6.76. The van der Waals surface area contributed by atoms with Crippen LogP contribution >= 0.6 is 38.5 Å². The second-order valence-electron chi connectivity index (χ2n) is 3.54. The molecule has 0 aliphatic carbocycles. The van der Waals surface area contributed by atoms with Gasteiger partial charge in [-0.3, -0.25) is 0 Å². The molecule has 84 valence electrons. The largest absolute Gasteiger partial charge is 0.454 e. The number of hydrogen-bond acceptors (Lipinski definition) is 2. The van der Waals surface area contributed by atoms with Gasteiger partial charge in [0.1, 0.15) is 5.76 Å². The maximum atomic E-state index is 5.48. The van der Waals surface area contributed by atoms with Crippen molar-refractivity contribution in [1.29, 1.82) is 0 Å². The Kier molecular flexibility index (Phi) is 3.91. The van der Waals surface area contributed by atoms with E-state index in [0.717, 1.165) is 19.7 Å². The van der Waals surface area contributed by atoms with Gasteiger partial charge >= 0.3 is 0 Å². The Labute approximate surface area is 117 Å². The molecule has 2 rings (SSSR count). The standard InChI is InChI=1S/C12H11BrINO/c1-8-2-4-10(13)11(6-8)15-7-9-3-5-12(14)16-9/h2-6,15H,7H2,1H3. The zero-order chi connectivity index (χ0) is 11.5. The summed E-state index contributed by atoms with van der Waals surface area (Å²) in [5.41, 5.74) is 2.33. The predicted molar refractivity (Wildman–Crippen MR) is 77.6 cm³/mol. The van der Waals surface area contributed by atoms with E-state index in [-0.39, 0.29) is 0 Å². The lowest BCUT2D eigenvalue weighted by molar-refractivity contribution is 0.493. The molecule has 0 radical (unpaired) electrons. The second-order valence-corrected chi connectivity index (χ2v) is 5.46. The van der Waals surface area contributed by atoms with E-state index in [1.165, 1.54) is 5.56 Å². The third-order valence-corrected chi connectivity index (χ3v) is 3.48. The molecule has 1 aromatic carbocycles. The minimum absolute atomic E-state index is 0.699. The summed E-state index contributed by atoms with van der Waals surface area (Å²) in [6, 6.07) is 10.2. The second kappa shape index (κ2) is 5.23. The van der Waals surface area contributed by atoms with Crippen LogP contribution in [0.2, 0.25) is 0 Å². The number of halogens is 2. The maximum Gasteiger partial charge on any atom is 0.164 e. The molecule has 0 amide bonds. The predicted octanol–water partition coefficient (Wildman–Crippen LogP) is 4.57. The first kappa shape index (κ1) is 12.0. The summed E-state index contributed by atoms with van der Waals surface area (Å²) in [7, 11) is 0. The van der Waals surface area contributed by atoms with Crippen LogP contribution in [0.15, 0.2) is 39.2 Å². The van der Waals surface area contributed by atoms with Gasteiger partial charge in [0.05, 0.1) is 6.54 Å². The van der Waals surface area contributed by atoms with Crippen LogP contribution in [0, 0.1) is 10.7 Å². The summed E-state index contributed by atoms with van der Waals surface area (Å²) in [6.45, 7) is 2.78. The van der Waals surface area contributed by atoms with Crippen molar-refractivity contribution in [2.24, 2.45) is 0 Å². The number of benzene rings is 1. The highest BCUT2D eigenvalue weighted by Crippen LogP contribution is 2.24. The molecular weight excluding hydrogens is 381 g/mol. The first-order valence-electron chi connectivity index (χ1n) is 4.89. The van der Waals surface area contributed by atoms with Gasteiger partial charge in [-0.1, -0.05) is 6.07 Å². The molecule has 1 N–H and O–H groups in total. The molecule has 0 atom stereocenters. The van der Waals surface area contributed by atoms with Crippen molar-refractivity contribution in [3.63, 3.8) is 0 Å². The fraction of sp³-hybridized carbons (Fsp3) is 0.167. The van der Waals surface area contributed by atoms with Crippen molar-refractivity contribution in [1.82, 2.24) is 0 Å². The first-order chi connectivity index (χ1) is 7.65. The number of nitrogens with one attached hydrogen (secondary N) is 1. The molecule has 0 unspecified atom stereocenters. The molecule has 0 saturated heterocycles. The van der Waals surface area contributed by atoms with Crippen LogP contribution in [-0.4, -0.2) is 0 Å². The van der Waals surface area contributed by atoms with E-state index >= 15 is 0 Å². The number of aryl methyl sites for hydroxylation is 1. The number of furan rings is 1. The van der Waals surface area contributed by atoms with Crippen molar-refractivity contribution in [2.45, 2.75) is 13.5 Å². The van der Waals surface area contributed by atoms with E-state index in [0.29, 0.717) is 6.54 Å². The number of hydrogen-bond donors (Lipinski definition) is 1. The number of rotatable bonds is 3. The summed E-state index contributed by atoms with van der Waals surface area (Å²) in [6.07, 6.45) is 0. The minimum atomic E-state index is 0.699. The van der Waals surface area contributed by atoms with E-state index in [4.69, 9.17) is 4.42 Å². The fourth-order valence-electron chi connectivity index (χ4n) is 1.40. The molecule has 0 aliphatic heterocycles. The van der Waals surface area contributed by atoms with Gasteiger partial charge in [-0.15, -0.1) is 0 Å². The molecule has 16 heavy (non-hydrogen) atoms. The topological polar surface area (TPSA) is 25.2 Å². The molecular formula is C12H11BrINO. The van der Waals surface area contributed by atoms with Crippen molar-refractivity contribution < 1.29 is 4.42 Å². The van der Waals surface area contributed by atoms with Gasteiger partial charge in [0.25, 0.3) is 0 Å². The Bertz CT molecular complexity index is 496. The molecule has 2 aromatic rings. The van der Waals surface area contributed by atoms with Gasteiger partial charge in [-0.2, -0.15) is 0 Å². The lowest BCUT2D eigenvalue weighted by Crippen LogP contribution is -1.99. The molecule has 0 aliphatic rings. The maximum absolute atomic E-state index is 5.48. The van der Waals surface area contributed by atoms with Crippen LogP contribution in [0.5, 0.6) is 0 Å². The van der Waals surface area contributed by atoms with Gasteiger partial charge in [0.2, 0.25) is 0 Å². The van der Waals surface area contributed by atoms with Gasteiger partial charge in [0.15, 0.2) is 3.77 Å². The van der Waals surface area contributed by atoms with Crippen LogP contribution in [0.3, 0.4) is 0 Å². The third kappa shape index (κ3) is 3.01. The van der Waals surface area contributed by atoms with Crippen molar-refractivity contribution in [3.05, 3.63) is 49.9 Å². The summed E-state index contributed by atoms with van der Waals surface area (Å²) in [4.78, 5) is 0. The quantitative estimate of drug-likeness (QED) is 0.775. The normalized spacial score (nSPS) is 10.4. The van der Waals surface area contributed by atoms with E-state index in [2.05, 4.69) is 62.9 Å². The summed E-state index contributed by atoms with van der Waals surface area (Å²) >= 11 is 5.68. The monoisotopic (exact) mass is 391 g/mol. The average molecular weight is 392 g/mol. The molecule has 4 heteroatoms. The van der Waals surface area contributed by atoms with E-state index in [9.17, 15) is 0 Å². The Balaban J connectivity index is 2.07. The van der Waals surface area contributed by atoms with Crippen molar-refractivity contribution >= 4 is 44.2 Å². The third-order valence-electron chi connectivity index (χ3n) is 2.20. The zero-order valence-electron chi connectivity index (χ0n) is 8.76. The van der Waals surface area contributed by atoms with Crippen molar-refractivity contribution in [3.8, 4) is 0 Å². The summed E-state index contributed by atoms with van der Waals surface area (Å²) in [5, 5.41) is 3.34. The Hall–Kier alpha value is -0.490. The molecule has 0 saturated carbocycles. The van der Waals surface area contributed by atoms with Crippen LogP contribution < -0.4 is 5.32 Å². The van der Waals surface area contributed by atoms with Crippen LogP contribution in [-0.2, 0) is 6.54 Å². The van der Waals surface area contributed by atoms with Crippen LogP contribution in [0.1, 0.15) is 11.3 Å². The molecule has 1 aromatic heterocycles. The molecule has 0 spiro atoms. The fourth-order valence-corrected chi connectivity index (χ4v) is 2.25. The van der Waals surface area contributed by atoms with Crippen LogP contribution in [0.4, 0.5) is 5.69 Å². The SMILES string of the molecule is Cc1ccc(Br)c(NCc2ccc(I)o2)c1. The smallest absolute Gasteiger partial charge is 0.164 e. The number of anilines is 1. The summed E-state index contributed by atoms with van der Waals surface area (Å²) < 4.78 is 7.47. The van der Waals surface area contributed by atoms with E-state index in [1.807, 2.05) is 18.2 Å². The molecule has 1 heterocycles. The zero-order valence-corrected chi connectivity index (χ0v) is 12.5. The minimum Gasteiger partial charge on any atom is -0.454 e. The highest BCUT2D eigenvalue weighted by molar-refractivity contribution is 14.1. The Morgan fingerprint density at radius 2 is 2.12 bits per heavy atom. The van der Waals surface area contributed by atoms with Gasteiger partial charge in [-0.25, -0.2) is 0 Å². The average Bonchev–Trinajstić information content (AvgIpc) is 2.66. The van der Waals surface area contributed by atoms with Gasteiger partial charge < -0.3 is 9.73 Å². The molecule has 2 nitrogen and oxygen atoms in total. The van der Waals surface area contributed by atoms with Crippen molar-refractivity contribution in [2.75, 3.05) is 5.32 Å². The highest BCUT2D eigenvalue weighted by atomic mass is 127. The molecule has 0 bridgehead atoms. The Morgan fingerprint density at radius 1 is 1.31 bits per heavy atom. The van der Waals surface area contributed by atoms with Gasteiger partial charge in [-0.05, 0) is 75.3 Å². The van der Waals surface area contributed by atoms with E-state index < -0.39 is 0 Å².